The summed E-state index contributed by atoms with van der Waals surface area (Å²) in [6.07, 6.45) is 5.75. The van der Waals surface area contributed by atoms with Gasteiger partial charge in [0.1, 0.15) is 5.82 Å². The fraction of sp³-hybridized carbons (Fsp3) is 0.435. The molecule has 0 amide bonds. The Hall–Kier alpha value is -2.84. The van der Waals surface area contributed by atoms with Crippen LogP contribution in [0.4, 0.5) is 10.3 Å². The van der Waals surface area contributed by atoms with Crippen molar-refractivity contribution in [2.75, 3.05) is 31.6 Å². The van der Waals surface area contributed by atoms with Gasteiger partial charge in [-0.2, -0.15) is 0 Å². The molecule has 0 radical (unpaired) electrons. The molecule has 1 unspecified atom stereocenters. The summed E-state index contributed by atoms with van der Waals surface area (Å²) in [6.45, 7) is 7.22. The second-order valence-corrected chi connectivity index (χ2v) is 7.75. The van der Waals surface area contributed by atoms with Crippen molar-refractivity contribution in [2.24, 2.45) is 0 Å². The molecule has 1 saturated heterocycles. The summed E-state index contributed by atoms with van der Waals surface area (Å²) in [5, 5.41) is 6.67. The van der Waals surface area contributed by atoms with E-state index in [0.29, 0.717) is 25.1 Å². The minimum atomic E-state index is -0.264. The number of hydrogen-bond donors (Lipinski definition) is 2. The summed E-state index contributed by atoms with van der Waals surface area (Å²) in [7, 11) is 0. The number of benzene rings is 1. The van der Waals surface area contributed by atoms with E-state index in [-0.39, 0.29) is 11.9 Å². The van der Waals surface area contributed by atoms with Crippen LogP contribution in [-0.2, 0) is 4.74 Å². The second kappa shape index (κ2) is 9.98. The Bertz CT molecular complexity index is 984. The van der Waals surface area contributed by atoms with Crippen LogP contribution in [0.3, 0.4) is 0 Å². The molecule has 1 aromatic carbocycles. The Kier molecular flexibility index (Phi) is 6.89. The van der Waals surface area contributed by atoms with Crippen molar-refractivity contribution in [1.82, 2.24) is 24.8 Å². The van der Waals surface area contributed by atoms with E-state index in [1.54, 1.807) is 18.3 Å². The lowest BCUT2D eigenvalue weighted by atomic mass is 10.0. The molecule has 1 atom stereocenters. The van der Waals surface area contributed by atoms with Crippen LogP contribution in [0, 0.1) is 5.82 Å². The van der Waals surface area contributed by atoms with Gasteiger partial charge < -0.3 is 19.9 Å². The summed E-state index contributed by atoms with van der Waals surface area (Å²) in [4.78, 5) is 13.9. The standard InChI is InChI=1S/C23H29FN6O/c1-3-31-16(2)14-27-23-26-13-10-20(29-23)22-21(17-4-6-18(24)7-5-17)28-15-30(22)19-8-11-25-12-9-19/h4-7,10,13,15-16,19,25H,3,8-9,11-12,14H2,1-2H3,(H,26,27,29). The number of rotatable bonds is 8. The molecule has 0 saturated carbocycles. The van der Waals surface area contributed by atoms with E-state index in [2.05, 4.69) is 20.2 Å². The predicted octanol–water partition coefficient (Wildman–Crippen LogP) is 3.91. The molecule has 1 fully saturated rings. The third-order valence-electron chi connectivity index (χ3n) is 5.51. The minimum absolute atomic E-state index is 0.0623. The number of piperidine rings is 1. The molecule has 0 aliphatic carbocycles. The van der Waals surface area contributed by atoms with Crippen LogP contribution in [0.1, 0.15) is 32.7 Å². The summed E-state index contributed by atoms with van der Waals surface area (Å²) in [5.41, 5.74) is 3.38. The van der Waals surface area contributed by atoms with E-state index in [9.17, 15) is 4.39 Å². The van der Waals surface area contributed by atoms with Gasteiger partial charge in [-0.1, -0.05) is 0 Å². The van der Waals surface area contributed by atoms with E-state index in [0.717, 1.165) is 48.6 Å². The number of nitrogens with zero attached hydrogens (tertiary/aromatic N) is 4. The van der Waals surface area contributed by atoms with Gasteiger partial charge in [-0.25, -0.2) is 19.3 Å². The van der Waals surface area contributed by atoms with Crippen LogP contribution in [0.25, 0.3) is 22.6 Å². The molecule has 0 bridgehead atoms. The SMILES string of the molecule is CCOC(C)CNc1nccc(-c2c(-c3ccc(F)cc3)ncn2C2CCNCC2)n1. The van der Waals surface area contributed by atoms with Gasteiger partial charge in [0.15, 0.2) is 0 Å². The lowest BCUT2D eigenvalue weighted by Crippen LogP contribution is -2.29. The van der Waals surface area contributed by atoms with Crippen molar-refractivity contribution in [2.45, 2.75) is 38.8 Å². The average Bonchev–Trinajstić information content (AvgIpc) is 3.24. The summed E-state index contributed by atoms with van der Waals surface area (Å²) < 4.78 is 21.3. The summed E-state index contributed by atoms with van der Waals surface area (Å²) in [6, 6.07) is 8.69. The first-order chi connectivity index (χ1) is 15.2. The highest BCUT2D eigenvalue weighted by Crippen LogP contribution is 2.34. The molecule has 1 aliphatic heterocycles. The molecule has 164 valence electrons. The van der Waals surface area contributed by atoms with Crippen LogP contribution >= 0.6 is 0 Å². The van der Waals surface area contributed by atoms with Crippen LogP contribution < -0.4 is 10.6 Å². The molecule has 8 heteroatoms. The average molecular weight is 425 g/mol. The quantitative estimate of drug-likeness (QED) is 0.571. The molecule has 3 heterocycles. The zero-order valence-corrected chi connectivity index (χ0v) is 18.0. The number of imidazole rings is 1. The lowest BCUT2D eigenvalue weighted by Gasteiger charge is -2.25. The fourth-order valence-electron chi connectivity index (χ4n) is 3.95. The van der Waals surface area contributed by atoms with Gasteiger partial charge in [-0.15, -0.1) is 0 Å². The number of ether oxygens (including phenoxy) is 1. The van der Waals surface area contributed by atoms with Gasteiger partial charge in [-0.3, -0.25) is 0 Å². The van der Waals surface area contributed by atoms with Crippen LogP contribution in [0.5, 0.6) is 0 Å². The first kappa shape index (κ1) is 21.4. The first-order valence-corrected chi connectivity index (χ1v) is 10.9. The molecule has 4 rings (SSSR count). The largest absolute Gasteiger partial charge is 0.377 e. The zero-order valence-electron chi connectivity index (χ0n) is 18.0. The van der Waals surface area contributed by atoms with E-state index in [4.69, 9.17) is 14.7 Å². The third-order valence-corrected chi connectivity index (χ3v) is 5.51. The van der Waals surface area contributed by atoms with Crippen LogP contribution in [0.15, 0.2) is 42.9 Å². The number of hydrogen-bond acceptors (Lipinski definition) is 6. The van der Waals surface area contributed by atoms with E-state index >= 15 is 0 Å². The van der Waals surface area contributed by atoms with Gasteiger partial charge in [-0.05, 0) is 70.1 Å². The molecule has 31 heavy (non-hydrogen) atoms. The van der Waals surface area contributed by atoms with Gasteiger partial charge >= 0.3 is 0 Å². The molecular formula is C23H29FN6O. The van der Waals surface area contributed by atoms with E-state index < -0.39 is 0 Å². The van der Waals surface area contributed by atoms with Crippen molar-refractivity contribution in [3.8, 4) is 22.6 Å². The molecule has 2 aromatic heterocycles. The van der Waals surface area contributed by atoms with E-state index in [1.807, 2.05) is 26.2 Å². The van der Waals surface area contributed by atoms with Crippen LogP contribution in [-0.4, -0.2) is 51.9 Å². The number of anilines is 1. The highest BCUT2D eigenvalue weighted by molar-refractivity contribution is 5.77. The fourth-order valence-corrected chi connectivity index (χ4v) is 3.95. The Morgan fingerprint density at radius 3 is 2.71 bits per heavy atom. The monoisotopic (exact) mass is 424 g/mol. The van der Waals surface area contributed by atoms with Crippen molar-refractivity contribution in [1.29, 1.82) is 0 Å². The smallest absolute Gasteiger partial charge is 0.223 e. The third kappa shape index (κ3) is 5.08. The highest BCUT2D eigenvalue weighted by atomic mass is 19.1. The van der Waals surface area contributed by atoms with Crippen LogP contribution in [0.2, 0.25) is 0 Å². The van der Waals surface area contributed by atoms with Crippen molar-refractivity contribution >= 4 is 5.95 Å². The highest BCUT2D eigenvalue weighted by Gasteiger charge is 2.23. The molecule has 0 spiro atoms. The second-order valence-electron chi connectivity index (χ2n) is 7.75. The number of nitrogens with one attached hydrogen (secondary N) is 2. The van der Waals surface area contributed by atoms with Gasteiger partial charge in [0.05, 0.1) is 29.5 Å². The molecule has 7 nitrogen and oxygen atoms in total. The Morgan fingerprint density at radius 2 is 1.97 bits per heavy atom. The maximum Gasteiger partial charge on any atom is 0.223 e. The maximum atomic E-state index is 13.5. The Labute approximate surface area is 182 Å². The molecule has 2 N–H and O–H groups in total. The maximum absolute atomic E-state index is 13.5. The molecular weight excluding hydrogens is 395 g/mol. The van der Waals surface area contributed by atoms with Gasteiger partial charge in [0.2, 0.25) is 5.95 Å². The summed E-state index contributed by atoms with van der Waals surface area (Å²) in [5.74, 6) is 0.284. The van der Waals surface area contributed by atoms with Crippen molar-refractivity contribution < 1.29 is 9.13 Å². The van der Waals surface area contributed by atoms with Crippen molar-refractivity contribution in [3.63, 3.8) is 0 Å². The van der Waals surface area contributed by atoms with Crippen molar-refractivity contribution in [3.05, 3.63) is 48.7 Å². The predicted molar refractivity (Wildman–Crippen MR) is 119 cm³/mol. The number of halogens is 1. The lowest BCUT2D eigenvalue weighted by molar-refractivity contribution is 0.0854. The van der Waals surface area contributed by atoms with Gasteiger partial charge in [0.25, 0.3) is 0 Å². The minimum Gasteiger partial charge on any atom is -0.377 e. The number of aromatic nitrogens is 4. The van der Waals surface area contributed by atoms with Gasteiger partial charge in [0, 0.05) is 31.0 Å². The normalized spacial score (nSPS) is 15.7. The Balaban J connectivity index is 1.70. The summed E-state index contributed by atoms with van der Waals surface area (Å²) >= 11 is 0. The Morgan fingerprint density at radius 1 is 1.19 bits per heavy atom. The first-order valence-electron chi connectivity index (χ1n) is 10.9. The topological polar surface area (TPSA) is 76.9 Å². The molecule has 1 aliphatic rings. The van der Waals surface area contributed by atoms with E-state index in [1.165, 1.54) is 12.1 Å². The molecule has 3 aromatic rings. The zero-order chi connectivity index (χ0) is 21.6.